The Hall–Kier alpha value is -1.85. The van der Waals surface area contributed by atoms with E-state index in [1.165, 1.54) is 24.3 Å². The topological polar surface area (TPSA) is 63.2 Å². The minimum Gasteiger partial charge on any atom is -0.355 e. The van der Waals surface area contributed by atoms with Gasteiger partial charge >= 0.3 is 0 Å². The Bertz CT molecular complexity index is 728. The van der Waals surface area contributed by atoms with Crippen LogP contribution < -0.4 is 5.32 Å². The summed E-state index contributed by atoms with van der Waals surface area (Å²) in [6.45, 7) is 0.402. The Morgan fingerprint density at radius 3 is 2.27 bits per heavy atom. The third-order valence-corrected chi connectivity index (χ3v) is 4.96. The molecule has 4 nitrogen and oxygen atoms in total. The van der Waals surface area contributed by atoms with Gasteiger partial charge in [0.1, 0.15) is 5.75 Å². The lowest BCUT2D eigenvalue weighted by atomic mass is 10.1. The molecular formula is C16H16ClNO3S. The monoisotopic (exact) mass is 337 g/mol. The Morgan fingerprint density at radius 2 is 1.64 bits per heavy atom. The van der Waals surface area contributed by atoms with Crippen LogP contribution in [-0.4, -0.2) is 26.6 Å². The van der Waals surface area contributed by atoms with E-state index in [2.05, 4.69) is 5.32 Å². The highest BCUT2D eigenvalue weighted by Crippen LogP contribution is 2.15. The first-order valence-corrected chi connectivity index (χ1v) is 8.79. The van der Waals surface area contributed by atoms with Gasteiger partial charge in [0, 0.05) is 11.6 Å². The number of amides is 1. The van der Waals surface area contributed by atoms with Crippen LogP contribution >= 0.6 is 11.6 Å². The fourth-order valence-corrected chi connectivity index (χ4v) is 3.23. The molecule has 0 aliphatic rings. The van der Waals surface area contributed by atoms with E-state index in [4.69, 9.17) is 11.6 Å². The smallest absolute Gasteiger partial charge is 0.235 e. The number of nitrogens with one attached hydrogen (secondary N) is 1. The summed E-state index contributed by atoms with van der Waals surface area (Å²) in [6, 6.07) is 15.4. The van der Waals surface area contributed by atoms with E-state index in [-0.39, 0.29) is 4.90 Å². The highest BCUT2D eigenvalue weighted by atomic mass is 35.5. The molecule has 2 aromatic rings. The van der Waals surface area contributed by atoms with Gasteiger partial charge in [-0.1, -0.05) is 41.9 Å². The molecule has 0 spiro atoms. The zero-order valence-electron chi connectivity index (χ0n) is 11.8. The molecule has 0 aromatic heterocycles. The van der Waals surface area contributed by atoms with E-state index in [9.17, 15) is 13.2 Å². The van der Waals surface area contributed by atoms with E-state index in [1.807, 2.05) is 30.3 Å². The van der Waals surface area contributed by atoms with Gasteiger partial charge < -0.3 is 5.32 Å². The highest BCUT2D eigenvalue weighted by molar-refractivity contribution is 7.92. The molecular weight excluding hydrogens is 322 g/mol. The van der Waals surface area contributed by atoms with Gasteiger partial charge in [0.2, 0.25) is 5.91 Å². The lowest BCUT2D eigenvalue weighted by Gasteiger charge is -2.07. The molecule has 6 heteroatoms. The first kappa shape index (κ1) is 16.5. The Balaban J connectivity index is 1.87. The molecule has 0 fully saturated rings. The molecule has 0 saturated carbocycles. The molecule has 0 aliphatic heterocycles. The van der Waals surface area contributed by atoms with Crippen molar-refractivity contribution in [2.24, 2.45) is 0 Å². The maximum absolute atomic E-state index is 12.1. The van der Waals surface area contributed by atoms with Gasteiger partial charge in [0.05, 0.1) is 4.90 Å². The van der Waals surface area contributed by atoms with Crippen LogP contribution in [0.2, 0.25) is 5.02 Å². The van der Waals surface area contributed by atoms with Gasteiger partial charge in [-0.3, -0.25) is 4.79 Å². The van der Waals surface area contributed by atoms with Crippen LogP contribution in [0.15, 0.2) is 59.5 Å². The summed E-state index contributed by atoms with van der Waals surface area (Å²) in [5, 5.41) is 3.07. The molecule has 1 N–H and O–H groups in total. The van der Waals surface area contributed by atoms with Gasteiger partial charge in [0.25, 0.3) is 0 Å². The number of carbonyl (C=O) groups excluding carboxylic acids is 1. The van der Waals surface area contributed by atoms with Crippen LogP contribution in [0.5, 0.6) is 0 Å². The fraction of sp³-hybridized carbons (Fsp3) is 0.188. The van der Waals surface area contributed by atoms with Crippen LogP contribution in [0.3, 0.4) is 0 Å². The third-order valence-electron chi connectivity index (χ3n) is 3.07. The second-order valence-electron chi connectivity index (χ2n) is 4.80. The SMILES string of the molecule is O=C(CS(=O)(=O)c1ccc(Cl)cc1)NCCc1ccccc1. The van der Waals surface area contributed by atoms with Gasteiger partial charge in [-0.05, 0) is 36.2 Å². The van der Waals surface area contributed by atoms with Crippen LogP contribution in [0.1, 0.15) is 5.56 Å². The number of benzene rings is 2. The summed E-state index contributed by atoms with van der Waals surface area (Å²) in [5.74, 6) is -1.07. The summed E-state index contributed by atoms with van der Waals surface area (Å²) in [7, 11) is -3.64. The van der Waals surface area contributed by atoms with E-state index in [0.717, 1.165) is 5.56 Å². The predicted molar refractivity (Wildman–Crippen MR) is 86.7 cm³/mol. The van der Waals surface area contributed by atoms with Crippen molar-refractivity contribution in [2.45, 2.75) is 11.3 Å². The van der Waals surface area contributed by atoms with Crippen LogP contribution in [0.25, 0.3) is 0 Å². The molecule has 22 heavy (non-hydrogen) atoms. The van der Waals surface area contributed by atoms with Crippen molar-refractivity contribution in [3.63, 3.8) is 0 Å². The van der Waals surface area contributed by atoms with E-state index in [1.54, 1.807) is 0 Å². The van der Waals surface area contributed by atoms with E-state index >= 15 is 0 Å². The van der Waals surface area contributed by atoms with Crippen LogP contribution in [-0.2, 0) is 21.1 Å². The van der Waals surface area contributed by atoms with Crippen LogP contribution in [0.4, 0.5) is 0 Å². The highest BCUT2D eigenvalue weighted by Gasteiger charge is 2.18. The van der Waals surface area contributed by atoms with Crippen LogP contribution in [0, 0.1) is 0 Å². The number of rotatable bonds is 6. The lowest BCUT2D eigenvalue weighted by molar-refractivity contribution is -0.118. The van der Waals surface area contributed by atoms with Gasteiger partial charge in [-0.25, -0.2) is 8.42 Å². The molecule has 2 aromatic carbocycles. The molecule has 1 amide bonds. The average Bonchev–Trinajstić information content (AvgIpc) is 2.48. The Morgan fingerprint density at radius 1 is 1.00 bits per heavy atom. The van der Waals surface area contributed by atoms with Crippen molar-refractivity contribution in [2.75, 3.05) is 12.3 Å². The van der Waals surface area contributed by atoms with E-state index < -0.39 is 21.5 Å². The first-order chi connectivity index (χ1) is 10.5. The van der Waals surface area contributed by atoms with Gasteiger partial charge in [-0.2, -0.15) is 0 Å². The standard InChI is InChI=1S/C16H16ClNO3S/c17-14-6-8-15(9-7-14)22(20,21)12-16(19)18-11-10-13-4-2-1-3-5-13/h1-9H,10-12H2,(H,18,19). The summed E-state index contributed by atoms with van der Waals surface area (Å²) in [6.07, 6.45) is 0.660. The molecule has 2 rings (SSSR count). The minimum atomic E-state index is -3.64. The normalized spacial score (nSPS) is 11.1. The molecule has 0 atom stereocenters. The molecule has 0 bridgehead atoms. The fourth-order valence-electron chi connectivity index (χ4n) is 1.94. The molecule has 116 valence electrons. The maximum Gasteiger partial charge on any atom is 0.235 e. The summed E-state index contributed by atoms with van der Waals surface area (Å²) >= 11 is 5.72. The number of hydrogen-bond acceptors (Lipinski definition) is 3. The largest absolute Gasteiger partial charge is 0.355 e. The number of halogens is 1. The second kappa shape index (κ2) is 7.42. The maximum atomic E-state index is 12.1. The molecule has 0 aliphatic carbocycles. The average molecular weight is 338 g/mol. The van der Waals surface area contributed by atoms with Gasteiger partial charge in [0.15, 0.2) is 9.84 Å². The van der Waals surface area contributed by atoms with Crippen molar-refractivity contribution >= 4 is 27.3 Å². The molecule has 0 saturated heterocycles. The zero-order valence-corrected chi connectivity index (χ0v) is 13.4. The van der Waals surface area contributed by atoms with Crippen molar-refractivity contribution in [3.05, 3.63) is 65.2 Å². The number of carbonyl (C=O) groups is 1. The molecule has 0 radical (unpaired) electrons. The zero-order chi connectivity index (χ0) is 16.0. The quantitative estimate of drug-likeness (QED) is 0.880. The van der Waals surface area contributed by atoms with Crippen molar-refractivity contribution < 1.29 is 13.2 Å². The van der Waals surface area contributed by atoms with Crippen molar-refractivity contribution in [3.8, 4) is 0 Å². The van der Waals surface area contributed by atoms with Crippen molar-refractivity contribution in [1.29, 1.82) is 0 Å². The van der Waals surface area contributed by atoms with E-state index in [0.29, 0.717) is 18.0 Å². The lowest BCUT2D eigenvalue weighted by Crippen LogP contribution is -2.31. The Kier molecular flexibility index (Phi) is 5.57. The van der Waals surface area contributed by atoms with Crippen molar-refractivity contribution in [1.82, 2.24) is 5.32 Å². The minimum absolute atomic E-state index is 0.0927. The third kappa shape index (κ3) is 4.86. The number of sulfone groups is 1. The molecule has 0 heterocycles. The molecule has 0 unspecified atom stereocenters. The predicted octanol–water partition coefficient (Wildman–Crippen LogP) is 2.47. The first-order valence-electron chi connectivity index (χ1n) is 6.76. The number of hydrogen-bond donors (Lipinski definition) is 1. The summed E-state index contributed by atoms with van der Waals surface area (Å²) in [5.41, 5.74) is 1.09. The summed E-state index contributed by atoms with van der Waals surface area (Å²) in [4.78, 5) is 11.9. The summed E-state index contributed by atoms with van der Waals surface area (Å²) < 4.78 is 24.2. The Labute approximate surface area is 135 Å². The van der Waals surface area contributed by atoms with Gasteiger partial charge in [-0.15, -0.1) is 0 Å². The second-order valence-corrected chi connectivity index (χ2v) is 7.22.